The first-order valence-corrected chi connectivity index (χ1v) is 24.1. The maximum absolute atomic E-state index is 7.38. The summed E-state index contributed by atoms with van der Waals surface area (Å²) in [5, 5.41) is 2.15. The predicted octanol–water partition coefficient (Wildman–Crippen LogP) is 18.2. The molecule has 0 bridgehead atoms. The highest BCUT2D eigenvalue weighted by molar-refractivity contribution is 6.14. The number of nitrogens with zero attached hydrogens (tertiary/aromatic N) is 2. The Morgan fingerprint density at radius 3 is 1.53 bits per heavy atom. The third-order valence-corrected chi connectivity index (χ3v) is 14.7. The van der Waals surface area contributed by atoms with Gasteiger partial charge in [-0.05, 0) is 110 Å². The number of benzene rings is 11. The van der Waals surface area contributed by atoms with E-state index in [9.17, 15) is 0 Å². The SMILES string of the molecule is c1ccc(-c2ccc(N(c3ccccc3-c3ccccc3)c3cccc4c3oc3c(-c5ccc6c(c5)C5(c7ccccc7-6)c6ccccc6N(c6ccccc6)c6ccccc65)cccc34)cc2)cc1. The van der Waals surface area contributed by atoms with Crippen LogP contribution in [0.3, 0.4) is 0 Å². The van der Waals surface area contributed by atoms with Crippen LogP contribution in [0.1, 0.15) is 22.3 Å². The Labute approximate surface area is 407 Å². The first-order valence-electron chi connectivity index (χ1n) is 24.1. The quantitative estimate of drug-likeness (QED) is 0.159. The predicted molar refractivity (Wildman–Crippen MR) is 290 cm³/mol. The Balaban J connectivity index is 0.975. The van der Waals surface area contributed by atoms with E-state index in [1.165, 1.54) is 55.9 Å². The Morgan fingerprint density at radius 1 is 0.314 bits per heavy atom. The maximum Gasteiger partial charge on any atom is 0.159 e. The molecule has 2 aliphatic rings. The summed E-state index contributed by atoms with van der Waals surface area (Å²) in [5.41, 5.74) is 22.1. The van der Waals surface area contributed by atoms with Gasteiger partial charge in [0.1, 0.15) is 5.58 Å². The van der Waals surface area contributed by atoms with Crippen LogP contribution < -0.4 is 9.80 Å². The zero-order valence-electron chi connectivity index (χ0n) is 38.2. The summed E-state index contributed by atoms with van der Waals surface area (Å²) in [5.74, 6) is 0. The largest absolute Gasteiger partial charge is 0.453 e. The van der Waals surface area contributed by atoms with Crippen LogP contribution in [0.2, 0.25) is 0 Å². The second kappa shape index (κ2) is 16.0. The van der Waals surface area contributed by atoms with Gasteiger partial charge < -0.3 is 14.2 Å². The van der Waals surface area contributed by atoms with Crippen LogP contribution in [0.15, 0.2) is 271 Å². The van der Waals surface area contributed by atoms with Crippen molar-refractivity contribution in [2.75, 3.05) is 9.80 Å². The minimum Gasteiger partial charge on any atom is -0.453 e. The van der Waals surface area contributed by atoms with E-state index in [0.717, 1.165) is 66.9 Å². The third kappa shape index (κ3) is 5.95. The van der Waals surface area contributed by atoms with Gasteiger partial charge in [-0.15, -0.1) is 0 Å². The molecule has 70 heavy (non-hydrogen) atoms. The van der Waals surface area contributed by atoms with Crippen molar-refractivity contribution < 1.29 is 4.42 Å². The van der Waals surface area contributed by atoms with E-state index in [1.54, 1.807) is 0 Å². The molecule has 0 saturated carbocycles. The van der Waals surface area contributed by atoms with Crippen LogP contribution in [0.5, 0.6) is 0 Å². The smallest absolute Gasteiger partial charge is 0.159 e. The molecule has 0 N–H and O–H groups in total. The first-order chi connectivity index (χ1) is 34.8. The molecule has 328 valence electrons. The van der Waals surface area contributed by atoms with Crippen molar-refractivity contribution in [2.24, 2.45) is 0 Å². The molecule has 1 aliphatic heterocycles. The number of fused-ring (bicyclic) bond motifs is 12. The molecule has 1 spiro atoms. The molecule has 3 nitrogen and oxygen atoms in total. The van der Waals surface area contributed by atoms with Gasteiger partial charge in [-0.2, -0.15) is 0 Å². The van der Waals surface area contributed by atoms with Gasteiger partial charge in [0, 0.05) is 33.3 Å². The van der Waals surface area contributed by atoms with Gasteiger partial charge in [-0.1, -0.05) is 212 Å². The van der Waals surface area contributed by atoms with E-state index in [1.807, 2.05) is 0 Å². The fourth-order valence-electron chi connectivity index (χ4n) is 11.7. The van der Waals surface area contributed by atoms with E-state index in [0.29, 0.717) is 0 Å². The van der Waals surface area contributed by atoms with E-state index < -0.39 is 5.41 Å². The van der Waals surface area contributed by atoms with Crippen LogP contribution in [0.25, 0.3) is 66.4 Å². The first kappa shape index (κ1) is 39.9. The molecule has 2 heterocycles. The summed E-state index contributed by atoms with van der Waals surface area (Å²) in [6, 6.07) is 97.0. The molecule has 1 aliphatic carbocycles. The number of para-hydroxylation sites is 6. The fraction of sp³-hybridized carbons (Fsp3) is 0.0149. The summed E-state index contributed by atoms with van der Waals surface area (Å²) >= 11 is 0. The van der Waals surface area contributed by atoms with Crippen molar-refractivity contribution in [1.82, 2.24) is 0 Å². The van der Waals surface area contributed by atoms with Gasteiger partial charge in [-0.3, -0.25) is 0 Å². The molecule has 14 rings (SSSR count). The lowest BCUT2D eigenvalue weighted by atomic mass is 9.64. The van der Waals surface area contributed by atoms with Gasteiger partial charge in [0.25, 0.3) is 0 Å². The topological polar surface area (TPSA) is 19.6 Å². The number of hydrogen-bond donors (Lipinski definition) is 0. The summed E-state index contributed by atoms with van der Waals surface area (Å²) in [7, 11) is 0. The normalized spacial score (nSPS) is 12.9. The molecule has 0 unspecified atom stereocenters. The van der Waals surface area contributed by atoms with E-state index >= 15 is 0 Å². The Kier molecular flexibility index (Phi) is 9.11. The molecule has 3 heteroatoms. The molecular weight excluding hydrogens is 849 g/mol. The van der Waals surface area contributed by atoms with Crippen molar-refractivity contribution in [1.29, 1.82) is 0 Å². The Hall–Kier alpha value is -9.18. The van der Waals surface area contributed by atoms with Crippen LogP contribution in [-0.2, 0) is 5.41 Å². The zero-order valence-corrected chi connectivity index (χ0v) is 38.2. The van der Waals surface area contributed by atoms with Crippen molar-refractivity contribution in [2.45, 2.75) is 5.41 Å². The monoisotopic (exact) mass is 892 g/mol. The van der Waals surface area contributed by atoms with E-state index in [2.05, 4.69) is 277 Å². The highest BCUT2D eigenvalue weighted by Gasteiger charge is 2.51. The molecule has 11 aromatic carbocycles. The summed E-state index contributed by atoms with van der Waals surface area (Å²) in [6.45, 7) is 0. The average Bonchev–Trinajstić information content (AvgIpc) is 3.97. The molecule has 0 radical (unpaired) electrons. The number of rotatable bonds is 7. The van der Waals surface area contributed by atoms with E-state index in [4.69, 9.17) is 4.42 Å². The lowest BCUT2D eigenvalue weighted by molar-refractivity contribution is 0.670. The fourth-order valence-corrected chi connectivity index (χ4v) is 11.7. The van der Waals surface area contributed by atoms with Crippen LogP contribution in [0, 0.1) is 0 Å². The van der Waals surface area contributed by atoms with Gasteiger partial charge in [0.2, 0.25) is 0 Å². The molecular formula is C67H44N2O. The van der Waals surface area contributed by atoms with Crippen LogP contribution in [-0.4, -0.2) is 0 Å². The standard InChI is InChI=1S/C67H44N2O/c1-4-20-45(21-5-1)46-38-41-50(42-39-46)68(61-34-15-11-26-51(61)47-22-6-2-7-23-47)64-37-19-30-56-55-29-18-28-52(65(55)70-66(56)64)48-40-43-54-53-27-10-12-31-57(53)67(60(54)44-48)58-32-13-16-35-62(58)69(49-24-8-3-9-25-49)63-36-17-14-33-59(63)67/h1-44H. The third-order valence-electron chi connectivity index (χ3n) is 14.7. The van der Waals surface area contributed by atoms with Crippen LogP contribution in [0.4, 0.5) is 34.1 Å². The number of furan rings is 1. The molecule has 0 fully saturated rings. The second-order valence-corrected chi connectivity index (χ2v) is 18.3. The van der Waals surface area contributed by atoms with Gasteiger partial charge in [0.05, 0.1) is 28.2 Å². The minimum atomic E-state index is -0.571. The van der Waals surface area contributed by atoms with Crippen molar-refractivity contribution in [3.8, 4) is 44.5 Å². The van der Waals surface area contributed by atoms with Crippen molar-refractivity contribution in [3.63, 3.8) is 0 Å². The zero-order chi connectivity index (χ0) is 46.2. The Bertz CT molecular complexity index is 3900. The van der Waals surface area contributed by atoms with Gasteiger partial charge in [0.15, 0.2) is 5.58 Å². The molecule has 0 atom stereocenters. The molecule has 1 aromatic heterocycles. The van der Waals surface area contributed by atoms with Crippen molar-refractivity contribution in [3.05, 3.63) is 289 Å². The molecule has 0 amide bonds. The van der Waals surface area contributed by atoms with Crippen molar-refractivity contribution >= 4 is 56.1 Å². The minimum absolute atomic E-state index is 0.571. The highest BCUT2D eigenvalue weighted by atomic mass is 16.3. The second-order valence-electron chi connectivity index (χ2n) is 18.3. The highest BCUT2D eigenvalue weighted by Crippen LogP contribution is 2.64. The maximum atomic E-state index is 7.38. The number of anilines is 6. The summed E-state index contributed by atoms with van der Waals surface area (Å²) in [6.07, 6.45) is 0. The average molecular weight is 893 g/mol. The van der Waals surface area contributed by atoms with Gasteiger partial charge >= 0.3 is 0 Å². The van der Waals surface area contributed by atoms with Gasteiger partial charge in [-0.25, -0.2) is 0 Å². The molecule has 0 saturated heterocycles. The molecule has 12 aromatic rings. The van der Waals surface area contributed by atoms with E-state index in [-0.39, 0.29) is 0 Å². The Morgan fingerprint density at radius 2 is 0.814 bits per heavy atom. The summed E-state index contributed by atoms with van der Waals surface area (Å²) < 4.78 is 7.38. The lowest BCUT2D eigenvalue weighted by Gasteiger charge is -2.45. The number of hydrogen-bond acceptors (Lipinski definition) is 3. The lowest BCUT2D eigenvalue weighted by Crippen LogP contribution is -2.36. The van der Waals surface area contributed by atoms with Crippen LogP contribution >= 0.6 is 0 Å². The summed E-state index contributed by atoms with van der Waals surface area (Å²) in [4.78, 5) is 4.81.